The van der Waals surface area contributed by atoms with E-state index in [9.17, 15) is 34.8 Å². The first kappa shape index (κ1) is 24.6. The zero-order valence-corrected chi connectivity index (χ0v) is 21.0. The van der Waals surface area contributed by atoms with Crippen molar-refractivity contribution in [3.63, 3.8) is 0 Å². The summed E-state index contributed by atoms with van der Waals surface area (Å²) >= 11 is 0. The molecular formula is C29H29NO8. The van der Waals surface area contributed by atoms with Crippen LogP contribution in [0.3, 0.4) is 0 Å². The molecule has 1 aromatic carbocycles. The van der Waals surface area contributed by atoms with Crippen LogP contribution in [0.2, 0.25) is 0 Å². The molecule has 0 unspecified atom stereocenters. The molecule has 6 rings (SSSR count). The predicted molar refractivity (Wildman–Crippen MR) is 135 cm³/mol. The number of rotatable bonds is 4. The molecule has 38 heavy (non-hydrogen) atoms. The number of aromatic hydroxyl groups is 1. The van der Waals surface area contributed by atoms with Crippen molar-refractivity contribution in [2.75, 3.05) is 13.1 Å². The quantitative estimate of drug-likeness (QED) is 0.446. The fourth-order valence-corrected chi connectivity index (χ4v) is 6.73. The topological polar surface area (TPSA) is 149 Å². The van der Waals surface area contributed by atoms with Crippen molar-refractivity contribution in [2.24, 2.45) is 11.8 Å². The number of aliphatic hydroxyl groups is 3. The third-order valence-corrected chi connectivity index (χ3v) is 8.56. The van der Waals surface area contributed by atoms with E-state index in [2.05, 4.69) is 4.90 Å². The summed E-state index contributed by atoms with van der Waals surface area (Å²) in [5.74, 6) is -4.14. The van der Waals surface area contributed by atoms with E-state index in [-0.39, 0.29) is 36.1 Å². The average Bonchev–Trinajstić information content (AvgIpc) is 3.54. The zero-order chi connectivity index (χ0) is 26.9. The van der Waals surface area contributed by atoms with Gasteiger partial charge in [0.05, 0.1) is 12.1 Å². The molecular weight excluding hydrogens is 490 g/mol. The van der Waals surface area contributed by atoms with Crippen molar-refractivity contribution in [1.29, 1.82) is 0 Å². The number of fused-ring (bicyclic) bond motifs is 3. The lowest BCUT2D eigenvalue weighted by molar-refractivity contribution is -0.147. The Bertz CT molecular complexity index is 1460. The molecule has 9 heteroatoms. The summed E-state index contributed by atoms with van der Waals surface area (Å²) in [6.07, 6.45) is 2.42. The van der Waals surface area contributed by atoms with E-state index in [0.29, 0.717) is 23.4 Å². The van der Waals surface area contributed by atoms with Gasteiger partial charge in [0.25, 0.3) is 0 Å². The minimum atomic E-state index is -2.50. The smallest absolute Gasteiger partial charge is 0.202 e. The maximum atomic E-state index is 13.7. The molecule has 1 aromatic heterocycles. The minimum absolute atomic E-state index is 0.0730. The van der Waals surface area contributed by atoms with Crippen molar-refractivity contribution in [2.45, 2.75) is 51.2 Å². The molecule has 198 valence electrons. The number of aliphatic hydroxyl groups excluding tert-OH is 2. The molecule has 2 fully saturated rings. The fraction of sp³-hybridized carbons (Fsp3) is 0.414. The molecule has 2 heterocycles. The number of carbonyl (C=O) groups is 3. The van der Waals surface area contributed by atoms with E-state index in [0.717, 1.165) is 25.8 Å². The molecule has 0 amide bonds. The van der Waals surface area contributed by atoms with Gasteiger partial charge >= 0.3 is 0 Å². The Morgan fingerprint density at radius 1 is 1.08 bits per heavy atom. The second kappa shape index (κ2) is 8.68. The van der Waals surface area contributed by atoms with Crippen molar-refractivity contribution in [1.82, 2.24) is 4.90 Å². The molecule has 0 radical (unpaired) electrons. The van der Waals surface area contributed by atoms with Crippen molar-refractivity contribution >= 4 is 23.1 Å². The Hall–Kier alpha value is -3.69. The number of carbonyl (C=O) groups excluding carboxylic acids is 3. The molecule has 4 N–H and O–H groups in total. The van der Waals surface area contributed by atoms with Gasteiger partial charge in [-0.15, -0.1) is 0 Å². The third kappa shape index (κ3) is 3.49. The predicted octanol–water partition coefficient (Wildman–Crippen LogP) is 3.38. The molecule has 3 aliphatic carbocycles. The van der Waals surface area contributed by atoms with Gasteiger partial charge in [-0.2, -0.15) is 0 Å². The number of phenols is 1. The Labute approximate surface area is 218 Å². The summed E-state index contributed by atoms with van der Waals surface area (Å²) in [6.45, 7) is 3.83. The standard InChI is InChI=1S/C29H29NO8/c1-14(31)23-21(33)12-16-10-15-11-19-18(22-7-4-17(38-22)13-30-8-2-3-9-30)5-6-20(32)25(19)26(34)24(15)28(36)29(16,37)27(23)35/h4-7,15-16,32,34-35,37H,2-3,8-13H2,1H3/t15-,16+,29-/m1/s1. The molecule has 3 atom stereocenters. The van der Waals surface area contributed by atoms with Gasteiger partial charge < -0.3 is 24.8 Å². The highest BCUT2D eigenvalue weighted by Gasteiger charge is 2.60. The second-order valence-corrected chi connectivity index (χ2v) is 10.8. The number of allylic oxidation sites excluding steroid dienone is 1. The normalized spacial score (nSPS) is 27.4. The number of ketones is 3. The Morgan fingerprint density at radius 2 is 1.82 bits per heavy atom. The van der Waals surface area contributed by atoms with E-state index in [1.807, 2.05) is 12.1 Å². The number of Topliss-reactive ketones (excluding diaryl/α,β-unsaturated/α-hetero) is 3. The van der Waals surface area contributed by atoms with Gasteiger partial charge in [-0.3, -0.25) is 19.3 Å². The minimum Gasteiger partial charge on any atom is -0.508 e. The van der Waals surface area contributed by atoms with E-state index < -0.39 is 51.9 Å². The monoisotopic (exact) mass is 519 g/mol. The SMILES string of the molecule is CC(=O)C1=C(O)[C@@]2(O)C(=O)C3=C(O)c4c(O)ccc(-c5ccc(CN6CCCC6)o5)c4C[C@H]3C[C@H]2CC1=O. The molecule has 2 aromatic rings. The average molecular weight is 520 g/mol. The van der Waals surface area contributed by atoms with E-state index in [1.165, 1.54) is 18.9 Å². The summed E-state index contributed by atoms with van der Waals surface area (Å²) in [5.41, 5.74) is -1.86. The first-order chi connectivity index (χ1) is 18.1. The summed E-state index contributed by atoms with van der Waals surface area (Å²) in [7, 11) is 0. The summed E-state index contributed by atoms with van der Waals surface area (Å²) in [5, 5.41) is 44.2. The van der Waals surface area contributed by atoms with Gasteiger partial charge in [-0.25, -0.2) is 0 Å². The van der Waals surface area contributed by atoms with Crippen LogP contribution in [0.1, 0.15) is 49.5 Å². The molecule has 0 bridgehead atoms. The van der Waals surface area contributed by atoms with Crippen molar-refractivity contribution in [3.05, 3.63) is 58.1 Å². The van der Waals surface area contributed by atoms with Crippen molar-refractivity contribution in [3.8, 4) is 17.1 Å². The fourth-order valence-electron chi connectivity index (χ4n) is 6.73. The molecule has 1 aliphatic heterocycles. The van der Waals surface area contributed by atoms with Crippen LogP contribution < -0.4 is 0 Å². The number of hydrogen-bond acceptors (Lipinski definition) is 9. The highest BCUT2D eigenvalue weighted by atomic mass is 16.4. The highest BCUT2D eigenvalue weighted by molar-refractivity contribution is 6.23. The Morgan fingerprint density at radius 3 is 2.53 bits per heavy atom. The van der Waals surface area contributed by atoms with Crippen LogP contribution in [0.5, 0.6) is 5.75 Å². The van der Waals surface area contributed by atoms with Crippen LogP contribution in [0.4, 0.5) is 0 Å². The van der Waals surface area contributed by atoms with Gasteiger partial charge in [0.2, 0.25) is 5.78 Å². The van der Waals surface area contributed by atoms with Gasteiger partial charge in [-0.05, 0) is 81.4 Å². The maximum Gasteiger partial charge on any atom is 0.202 e. The van der Waals surface area contributed by atoms with Crippen LogP contribution in [-0.2, 0) is 27.3 Å². The van der Waals surface area contributed by atoms with Crippen LogP contribution in [0.25, 0.3) is 17.1 Å². The maximum absolute atomic E-state index is 13.7. The number of hydrogen-bond donors (Lipinski definition) is 4. The number of benzene rings is 1. The lowest BCUT2D eigenvalue weighted by atomic mass is 9.59. The summed E-state index contributed by atoms with van der Waals surface area (Å²) in [4.78, 5) is 40.6. The zero-order valence-electron chi connectivity index (χ0n) is 21.0. The van der Waals surface area contributed by atoms with E-state index in [4.69, 9.17) is 4.42 Å². The van der Waals surface area contributed by atoms with Crippen LogP contribution in [0, 0.1) is 11.8 Å². The van der Waals surface area contributed by atoms with Crippen LogP contribution >= 0.6 is 0 Å². The summed E-state index contributed by atoms with van der Waals surface area (Å²) < 4.78 is 6.15. The number of furan rings is 1. The Kier molecular flexibility index (Phi) is 5.62. The van der Waals surface area contributed by atoms with Gasteiger partial charge in [0.1, 0.15) is 34.4 Å². The number of nitrogens with zero attached hydrogens (tertiary/aromatic N) is 1. The highest BCUT2D eigenvalue weighted by Crippen LogP contribution is 2.53. The third-order valence-electron chi connectivity index (χ3n) is 8.56. The van der Waals surface area contributed by atoms with Crippen LogP contribution in [-0.4, -0.2) is 61.4 Å². The molecule has 1 saturated heterocycles. The number of phenolic OH excluding ortho intramolecular Hbond substituents is 1. The lowest BCUT2D eigenvalue weighted by Gasteiger charge is -2.46. The van der Waals surface area contributed by atoms with Crippen molar-refractivity contribution < 1.29 is 39.2 Å². The molecule has 1 saturated carbocycles. The summed E-state index contributed by atoms with van der Waals surface area (Å²) in [6, 6.07) is 6.90. The molecule has 0 spiro atoms. The molecule has 4 aliphatic rings. The Balaban J connectivity index is 1.43. The molecule has 9 nitrogen and oxygen atoms in total. The largest absolute Gasteiger partial charge is 0.508 e. The van der Waals surface area contributed by atoms with E-state index >= 15 is 0 Å². The first-order valence-electron chi connectivity index (χ1n) is 13.0. The van der Waals surface area contributed by atoms with Gasteiger partial charge in [-0.1, -0.05) is 0 Å². The van der Waals surface area contributed by atoms with E-state index in [1.54, 1.807) is 6.07 Å². The second-order valence-electron chi connectivity index (χ2n) is 10.8. The number of likely N-dealkylation sites (tertiary alicyclic amines) is 1. The lowest BCUT2D eigenvalue weighted by Crippen LogP contribution is -2.57. The first-order valence-corrected chi connectivity index (χ1v) is 13.0. The van der Waals surface area contributed by atoms with Gasteiger partial charge in [0, 0.05) is 23.5 Å². The van der Waals surface area contributed by atoms with Gasteiger partial charge in [0.15, 0.2) is 17.2 Å². The van der Waals surface area contributed by atoms with Crippen LogP contribution in [0.15, 0.2) is 45.6 Å².